The highest BCUT2D eigenvalue weighted by atomic mass is 35.5. The fourth-order valence-electron chi connectivity index (χ4n) is 2.88. The molecule has 1 fully saturated rings. The van der Waals surface area contributed by atoms with Gasteiger partial charge in [-0.2, -0.15) is 4.31 Å². The standard InChI is InChI=1S/C15H22ClNO2S/c1-12-13(11-16)7-6-10-15(12)20(18,19)17(2)14-8-4-3-5-9-14/h6-7,10,14H,3-5,8-9,11H2,1-2H3. The van der Waals surface area contributed by atoms with Gasteiger partial charge >= 0.3 is 0 Å². The van der Waals surface area contributed by atoms with E-state index in [0.717, 1.165) is 36.8 Å². The van der Waals surface area contributed by atoms with Crippen LogP contribution in [0.25, 0.3) is 0 Å². The molecule has 1 aliphatic rings. The smallest absolute Gasteiger partial charge is 0.207 e. The van der Waals surface area contributed by atoms with Crippen molar-refractivity contribution in [2.24, 2.45) is 0 Å². The summed E-state index contributed by atoms with van der Waals surface area (Å²) in [5.41, 5.74) is 1.65. The molecule has 1 aliphatic carbocycles. The zero-order valence-corrected chi connectivity index (χ0v) is 13.7. The Labute approximate surface area is 127 Å². The zero-order valence-electron chi connectivity index (χ0n) is 12.1. The molecule has 0 spiro atoms. The van der Waals surface area contributed by atoms with Crippen LogP contribution in [0.4, 0.5) is 0 Å². The van der Waals surface area contributed by atoms with Crippen molar-refractivity contribution in [3.8, 4) is 0 Å². The molecular formula is C15H22ClNO2S. The molecule has 0 aliphatic heterocycles. The molecule has 1 saturated carbocycles. The average molecular weight is 316 g/mol. The summed E-state index contributed by atoms with van der Waals surface area (Å²) in [4.78, 5) is 0.392. The van der Waals surface area contributed by atoms with Crippen molar-refractivity contribution in [1.29, 1.82) is 0 Å². The van der Waals surface area contributed by atoms with Crippen LogP contribution >= 0.6 is 11.6 Å². The number of hydrogen-bond donors (Lipinski definition) is 0. The summed E-state index contributed by atoms with van der Waals surface area (Å²) in [5.74, 6) is 0.336. The van der Waals surface area contributed by atoms with E-state index in [0.29, 0.717) is 10.8 Å². The van der Waals surface area contributed by atoms with Crippen LogP contribution in [-0.2, 0) is 15.9 Å². The molecule has 3 nitrogen and oxygen atoms in total. The van der Waals surface area contributed by atoms with Gasteiger partial charge < -0.3 is 0 Å². The molecule has 5 heteroatoms. The van der Waals surface area contributed by atoms with Crippen LogP contribution < -0.4 is 0 Å². The third-order valence-electron chi connectivity index (χ3n) is 4.29. The number of nitrogens with zero attached hydrogens (tertiary/aromatic N) is 1. The van der Waals surface area contributed by atoms with Gasteiger partial charge in [-0.3, -0.25) is 0 Å². The molecular weight excluding hydrogens is 294 g/mol. The van der Waals surface area contributed by atoms with Crippen molar-refractivity contribution in [3.05, 3.63) is 29.3 Å². The molecule has 20 heavy (non-hydrogen) atoms. The second-order valence-corrected chi connectivity index (χ2v) is 7.72. The molecule has 0 atom stereocenters. The van der Waals surface area contributed by atoms with E-state index in [9.17, 15) is 8.42 Å². The lowest BCUT2D eigenvalue weighted by atomic mass is 9.96. The van der Waals surface area contributed by atoms with Gasteiger partial charge in [0.15, 0.2) is 0 Å². The number of sulfonamides is 1. The Balaban J connectivity index is 2.34. The van der Waals surface area contributed by atoms with E-state index < -0.39 is 10.0 Å². The maximum atomic E-state index is 12.8. The molecule has 0 radical (unpaired) electrons. The Morgan fingerprint density at radius 1 is 1.25 bits per heavy atom. The van der Waals surface area contributed by atoms with Gasteiger partial charge in [0.2, 0.25) is 10.0 Å². The number of halogens is 1. The average Bonchev–Trinajstić information content (AvgIpc) is 2.47. The van der Waals surface area contributed by atoms with E-state index >= 15 is 0 Å². The third kappa shape index (κ3) is 3.02. The van der Waals surface area contributed by atoms with E-state index in [1.807, 2.05) is 13.0 Å². The van der Waals surface area contributed by atoms with Crippen molar-refractivity contribution in [2.75, 3.05) is 7.05 Å². The van der Waals surface area contributed by atoms with E-state index in [2.05, 4.69) is 0 Å². The molecule has 0 amide bonds. The van der Waals surface area contributed by atoms with Gasteiger partial charge in [-0.25, -0.2) is 8.42 Å². The van der Waals surface area contributed by atoms with Crippen LogP contribution in [0.2, 0.25) is 0 Å². The topological polar surface area (TPSA) is 37.4 Å². The maximum absolute atomic E-state index is 12.8. The SMILES string of the molecule is Cc1c(CCl)cccc1S(=O)(=O)N(C)C1CCCCC1. The Morgan fingerprint density at radius 3 is 2.50 bits per heavy atom. The van der Waals surface area contributed by atoms with Gasteiger partial charge in [0.05, 0.1) is 4.90 Å². The summed E-state index contributed by atoms with van der Waals surface area (Å²) in [6, 6.07) is 5.46. The van der Waals surface area contributed by atoms with Crippen LogP contribution in [0, 0.1) is 6.92 Å². The summed E-state index contributed by atoms with van der Waals surface area (Å²) in [6.07, 6.45) is 5.37. The Kier molecular flexibility index (Phi) is 5.10. The predicted octanol–water partition coefficient (Wildman–Crippen LogP) is 3.69. The van der Waals surface area contributed by atoms with Gasteiger partial charge in [0.1, 0.15) is 0 Å². The Bertz CT molecular complexity index is 565. The first-order valence-electron chi connectivity index (χ1n) is 7.11. The van der Waals surface area contributed by atoms with Crippen molar-refractivity contribution in [1.82, 2.24) is 4.31 Å². The fraction of sp³-hybridized carbons (Fsp3) is 0.600. The monoisotopic (exact) mass is 315 g/mol. The molecule has 0 bridgehead atoms. The van der Waals surface area contributed by atoms with Gasteiger partial charge in [-0.05, 0) is 37.0 Å². The lowest BCUT2D eigenvalue weighted by molar-refractivity contribution is 0.285. The molecule has 0 aromatic heterocycles. The van der Waals surface area contributed by atoms with Crippen molar-refractivity contribution in [2.45, 2.75) is 55.8 Å². The Hall–Kier alpha value is -0.580. The zero-order chi connectivity index (χ0) is 14.8. The van der Waals surface area contributed by atoms with Gasteiger partial charge in [-0.1, -0.05) is 31.4 Å². The predicted molar refractivity (Wildman–Crippen MR) is 82.6 cm³/mol. The van der Waals surface area contributed by atoms with E-state index in [1.54, 1.807) is 23.5 Å². The number of hydrogen-bond acceptors (Lipinski definition) is 2. The molecule has 1 aromatic rings. The van der Waals surface area contributed by atoms with Crippen molar-refractivity contribution < 1.29 is 8.42 Å². The number of benzene rings is 1. The highest BCUT2D eigenvalue weighted by molar-refractivity contribution is 7.89. The van der Waals surface area contributed by atoms with Crippen LogP contribution in [0.1, 0.15) is 43.2 Å². The maximum Gasteiger partial charge on any atom is 0.243 e. The van der Waals surface area contributed by atoms with Crippen LogP contribution in [0.3, 0.4) is 0 Å². The van der Waals surface area contributed by atoms with Gasteiger partial charge in [-0.15, -0.1) is 11.6 Å². The lowest BCUT2D eigenvalue weighted by Gasteiger charge is -2.31. The number of rotatable bonds is 4. The molecule has 0 saturated heterocycles. The summed E-state index contributed by atoms with van der Waals surface area (Å²) < 4.78 is 27.2. The normalized spacial score (nSPS) is 17.6. The summed E-state index contributed by atoms with van der Waals surface area (Å²) >= 11 is 5.87. The minimum atomic E-state index is -3.43. The molecule has 0 N–H and O–H groups in total. The van der Waals surface area contributed by atoms with Crippen LogP contribution in [0.15, 0.2) is 23.1 Å². The van der Waals surface area contributed by atoms with Gasteiger partial charge in [0.25, 0.3) is 0 Å². The van der Waals surface area contributed by atoms with E-state index in [-0.39, 0.29) is 6.04 Å². The largest absolute Gasteiger partial charge is 0.243 e. The van der Waals surface area contributed by atoms with Crippen LogP contribution in [0.5, 0.6) is 0 Å². The highest BCUT2D eigenvalue weighted by Crippen LogP contribution is 2.28. The van der Waals surface area contributed by atoms with Crippen molar-refractivity contribution >= 4 is 21.6 Å². The first-order valence-corrected chi connectivity index (χ1v) is 9.08. The first-order chi connectivity index (χ1) is 9.48. The molecule has 1 aromatic carbocycles. The summed E-state index contributed by atoms with van der Waals surface area (Å²) in [7, 11) is -1.72. The van der Waals surface area contributed by atoms with E-state index in [1.165, 1.54) is 6.42 Å². The lowest BCUT2D eigenvalue weighted by Crippen LogP contribution is -2.38. The fourth-order valence-corrected chi connectivity index (χ4v) is 4.85. The molecule has 112 valence electrons. The quantitative estimate of drug-likeness (QED) is 0.795. The minimum Gasteiger partial charge on any atom is -0.207 e. The van der Waals surface area contributed by atoms with E-state index in [4.69, 9.17) is 11.6 Å². The highest BCUT2D eigenvalue weighted by Gasteiger charge is 2.30. The second kappa shape index (κ2) is 6.46. The van der Waals surface area contributed by atoms with Crippen molar-refractivity contribution in [3.63, 3.8) is 0 Å². The molecule has 2 rings (SSSR count). The summed E-state index contributed by atoms with van der Waals surface area (Å²) in [5, 5.41) is 0. The molecule has 0 heterocycles. The Morgan fingerprint density at radius 2 is 1.90 bits per heavy atom. The van der Waals surface area contributed by atoms with Gasteiger partial charge in [0, 0.05) is 19.0 Å². The number of alkyl halides is 1. The summed E-state index contributed by atoms with van der Waals surface area (Å²) in [6.45, 7) is 1.83. The van der Waals surface area contributed by atoms with Crippen LogP contribution in [-0.4, -0.2) is 25.8 Å². The minimum absolute atomic E-state index is 0.132. The second-order valence-electron chi connectivity index (χ2n) is 5.49. The first kappa shape index (κ1) is 15.8. The third-order valence-corrected chi connectivity index (χ3v) is 6.63. The molecule has 0 unspecified atom stereocenters.